The van der Waals surface area contributed by atoms with Gasteiger partial charge in [-0.15, -0.1) is 0 Å². The summed E-state index contributed by atoms with van der Waals surface area (Å²) in [5.74, 6) is 0. The molecule has 346 valence electrons. The molecule has 0 aliphatic carbocycles. The van der Waals surface area contributed by atoms with E-state index in [4.69, 9.17) is 0 Å². The molecule has 2 nitrogen and oxygen atoms in total. The number of anilines is 3. The van der Waals surface area contributed by atoms with Crippen LogP contribution in [0.3, 0.4) is 0 Å². The van der Waals surface area contributed by atoms with Crippen molar-refractivity contribution in [2.75, 3.05) is 4.90 Å². The van der Waals surface area contributed by atoms with Crippen LogP contribution in [0.1, 0.15) is 0 Å². The normalized spacial score (nSPS) is 11.5. The zero-order valence-electron chi connectivity index (χ0n) is 40.6. The van der Waals surface area contributed by atoms with Gasteiger partial charge in [-0.05, 0) is 161 Å². The highest BCUT2D eigenvalue weighted by Crippen LogP contribution is 2.45. The number of fused-ring (bicyclic) bond motifs is 6. The van der Waals surface area contributed by atoms with Crippen LogP contribution in [0.5, 0.6) is 0 Å². The Hall–Kier alpha value is -9.76. The zero-order valence-corrected chi connectivity index (χ0v) is 40.6. The van der Waals surface area contributed by atoms with E-state index >= 15 is 0 Å². The molecule has 0 radical (unpaired) electrons. The molecule has 0 unspecified atom stereocenters. The highest BCUT2D eigenvalue weighted by atomic mass is 15.1. The molecule has 0 atom stereocenters. The Labute approximate surface area is 430 Å². The smallest absolute Gasteiger partial charge is 0.0541 e. The molecular formula is C72H48N2. The van der Waals surface area contributed by atoms with Crippen molar-refractivity contribution >= 4 is 71.2 Å². The summed E-state index contributed by atoms with van der Waals surface area (Å²) in [4.78, 5) is 2.38. The molecule has 2 heteroatoms. The standard InChI is InChI=1S/C72H48N2/c1-3-16-54(17-4-1)71-64-22-9-11-24-66(64)72(67-25-12-10-23-65(67)71)55-37-44-62(45-38-55)73(61-42-35-53(36-43-61)57-32-31-49-15-7-8-18-56(49)47-57)60-40-33-51(34-41-60)50-27-29-52(30-28-50)58-39-46-70-68(48-58)63-21-13-14-26-69(63)74(70)59-19-5-2-6-20-59/h1-48H. The molecule has 14 aromatic rings. The Morgan fingerprint density at radius 1 is 0.216 bits per heavy atom. The second kappa shape index (κ2) is 18.1. The summed E-state index contributed by atoms with van der Waals surface area (Å²) < 4.78 is 2.37. The fourth-order valence-corrected chi connectivity index (χ4v) is 11.4. The van der Waals surface area contributed by atoms with Crippen molar-refractivity contribution in [1.82, 2.24) is 4.57 Å². The van der Waals surface area contributed by atoms with E-state index in [0.29, 0.717) is 0 Å². The van der Waals surface area contributed by atoms with E-state index < -0.39 is 0 Å². The Morgan fingerprint density at radius 2 is 0.581 bits per heavy atom. The lowest BCUT2D eigenvalue weighted by molar-refractivity contribution is 1.18. The molecule has 14 rings (SSSR count). The monoisotopic (exact) mass is 940 g/mol. The molecule has 74 heavy (non-hydrogen) atoms. The van der Waals surface area contributed by atoms with Gasteiger partial charge in [-0.25, -0.2) is 0 Å². The van der Waals surface area contributed by atoms with Gasteiger partial charge in [-0.2, -0.15) is 0 Å². The van der Waals surface area contributed by atoms with Gasteiger partial charge >= 0.3 is 0 Å². The lowest BCUT2D eigenvalue weighted by Crippen LogP contribution is -2.09. The molecule has 1 aromatic heterocycles. The van der Waals surface area contributed by atoms with E-state index in [1.807, 2.05) is 0 Å². The van der Waals surface area contributed by atoms with E-state index in [-0.39, 0.29) is 0 Å². The summed E-state index contributed by atoms with van der Waals surface area (Å²) in [7, 11) is 0. The van der Waals surface area contributed by atoms with Crippen molar-refractivity contribution < 1.29 is 0 Å². The summed E-state index contributed by atoms with van der Waals surface area (Å²) >= 11 is 0. The quantitative estimate of drug-likeness (QED) is 0.131. The molecule has 0 spiro atoms. The number of benzene rings is 13. The molecule has 0 saturated carbocycles. The third-order valence-corrected chi connectivity index (χ3v) is 15.0. The molecule has 0 N–H and O–H groups in total. The van der Waals surface area contributed by atoms with E-state index in [1.54, 1.807) is 0 Å². The van der Waals surface area contributed by atoms with Crippen LogP contribution < -0.4 is 4.90 Å². The molecule has 0 amide bonds. The minimum atomic E-state index is 1.09. The fourth-order valence-electron chi connectivity index (χ4n) is 11.4. The number of hydrogen-bond donors (Lipinski definition) is 0. The predicted octanol–water partition coefficient (Wildman–Crippen LogP) is 20.0. The van der Waals surface area contributed by atoms with Crippen molar-refractivity contribution in [2.24, 2.45) is 0 Å². The van der Waals surface area contributed by atoms with Crippen LogP contribution >= 0.6 is 0 Å². The first-order valence-electron chi connectivity index (χ1n) is 25.5. The van der Waals surface area contributed by atoms with Crippen LogP contribution in [0, 0.1) is 0 Å². The van der Waals surface area contributed by atoms with E-state index in [9.17, 15) is 0 Å². The zero-order chi connectivity index (χ0) is 49.0. The topological polar surface area (TPSA) is 8.17 Å². The van der Waals surface area contributed by atoms with Gasteiger partial charge in [0.25, 0.3) is 0 Å². The van der Waals surface area contributed by atoms with Crippen molar-refractivity contribution in [3.8, 4) is 61.3 Å². The van der Waals surface area contributed by atoms with Crippen LogP contribution in [-0.2, 0) is 0 Å². The van der Waals surface area contributed by atoms with Crippen LogP contribution in [0.2, 0.25) is 0 Å². The second-order valence-electron chi connectivity index (χ2n) is 19.2. The molecule has 0 fully saturated rings. The highest BCUT2D eigenvalue weighted by molar-refractivity contribution is 6.21. The maximum atomic E-state index is 2.38. The number of para-hydroxylation sites is 2. The number of aromatic nitrogens is 1. The van der Waals surface area contributed by atoms with Gasteiger partial charge in [0.1, 0.15) is 0 Å². The number of hydrogen-bond acceptors (Lipinski definition) is 1. The van der Waals surface area contributed by atoms with Crippen molar-refractivity contribution in [3.63, 3.8) is 0 Å². The van der Waals surface area contributed by atoms with E-state index in [0.717, 1.165) is 17.1 Å². The largest absolute Gasteiger partial charge is 0.311 e. The summed E-state index contributed by atoms with van der Waals surface area (Å²) in [6, 6.07) is 106. The van der Waals surface area contributed by atoms with Crippen LogP contribution in [0.4, 0.5) is 17.1 Å². The highest BCUT2D eigenvalue weighted by Gasteiger charge is 2.19. The molecular weight excluding hydrogens is 893 g/mol. The van der Waals surface area contributed by atoms with Gasteiger partial charge < -0.3 is 9.47 Å². The molecule has 0 aliphatic heterocycles. The van der Waals surface area contributed by atoms with Crippen LogP contribution in [0.25, 0.3) is 115 Å². The Balaban J connectivity index is 0.820. The SMILES string of the molecule is c1ccc(-c2c3ccccc3c(-c3ccc(N(c4ccc(-c5ccc(-c6ccc7c(c6)c6ccccc6n7-c6ccccc6)cc5)cc4)c4ccc(-c5ccc6ccccc6c5)cc4)cc3)c3ccccc23)cc1. The van der Waals surface area contributed by atoms with Gasteiger partial charge in [0.05, 0.1) is 11.0 Å². The number of nitrogens with zero attached hydrogens (tertiary/aromatic N) is 2. The van der Waals surface area contributed by atoms with Crippen molar-refractivity contribution in [3.05, 3.63) is 291 Å². The maximum absolute atomic E-state index is 2.38. The first-order valence-corrected chi connectivity index (χ1v) is 25.5. The van der Waals surface area contributed by atoms with E-state index in [1.165, 1.54) is 115 Å². The van der Waals surface area contributed by atoms with Crippen LogP contribution in [-0.4, -0.2) is 4.57 Å². The molecule has 0 saturated heterocycles. The predicted molar refractivity (Wildman–Crippen MR) is 315 cm³/mol. The maximum Gasteiger partial charge on any atom is 0.0541 e. The lowest BCUT2D eigenvalue weighted by atomic mass is 9.86. The molecule has 0 aliphatic rings. The molecule has 13 aromatic carbocycles. The summed E-state index contributed by atoms with van der Waals surface area (Å²) in [5.41, 5.74) is 18.9. The Bertz CT molecular complexity index is 4310. The Kier molecular flexibility index (Phi) is 10.6. The van der Waals surface area contributed by atoms with Gasteiger partial charge in [0.2, 0.25) is 0 Å². The average Bonchev–Trinajstić information content (AvgIpc) is 3.83. The van der Waals surface area contributed by atoms with Gasteiger partial charge in [-0.3, -0.25) is 0 Å². The first kappa shape index (κ1) is 43.1. The lowest BCUT2D eigenvalue weighted by Gasteiger charge is -2.26. The van der Waals surface area contributed by atoms with Crippen molar-refractivity contribution in [2.45, 2.75) is 0 Å². The molecule has 1 heterocycles. The minimum Gasteiger partial charge on any atom is -0.311 e. The Morgan fingerprint density at radius 3 is 1.14 bits per heavy atom. The third-order valence-electron chi connectivity index (χ3n) is 15.0. The van der Waals surface area contributed by atoms with Crippen molar-refractivity contribution in [1.29, 1.82) is 0 Å². The van der Waals surface area contributed by atoms with E-state index in [2.05, 4.69) is 301 Å². The fraction of sp³-hybridized carbons (Fsp3) is 0. The first-order chi connectivity index (χ1) is 36.7. The van der Waals surface area contributed by atoms with Gasteiger partial charge in [-0.1, -0.05) is 218 Å². The minimum absolute atomic E-state index is 1.09. The average molecular weight is 941 g/mol. The second-order valence-corrected chi connectivity index (χ2v) is 19.2. The van der Waals surface area contributed by atoms with Crippen LogP contribution in [0.15, 0.2) is 291 Å². The van der Waals surface area contributed by atoms with Gasteiger partial charge in [0.15, 0.2) is 0 Å². The molecule has 0 bridgehead atoms. The van der Waals surface area contributed by atoms with Gasteiger partial charge in [0, 0.05) is 33.5 Å². The summed E-state index contributed by atoms with van der Waals surface area (Å²) in [5, 5.41) is 10.00. The number of rotatable bonds is 9. The summed E-state index contributed by atoms with van der Waals surface area (Å²) in [6.45, 7) is 0. The third kappa shape index (κ3) is 7.52. The summed E-state index contributed by atoms with van der Waals surface area (Å²) in [6.07, 6.45) is 0.